The van der Waals surface area contributed by atoms with E-state index in [9.17, 15) is 4.79 Å². The molecule has 2 N–H and O–H groups in total. The number of thiophene rings is 1. The molecule has 0 radical (unpaired) electrons. The Morgan fingerprint density at radius 3 is 2.68 bits per heavy atom. The molecule has 0 spiro atoms. The third-order valence-corrected chi connectivity index (χ3v) is 6.04. The van der Waals surface area contributed by atoms with E-state index in [1.54, 1.807) is 11.3 Å². The van der Waals surface area contributed by atoms with Crippen LogP contribution in [0.2, 0.25) is 5.02 Å². The minimum absolute atomic E-state index is 0.0392. The predicted octanol–water partition coefficient (Wildman–Crippen LogP) is 5.64. The number of amides is 1. The second-order valence-corrected chi connectivity index (χ2v) is 8.25. The number of aryl methyl sites for hydroxylation is 2. The molecule has 0 saturated carbocycles. The highest BCUT2D eigenvalue weighted by molar-refractivity contribution is 7.09. The second-order valence-electron chi connectivity index (χ2n) is 6.79. The average molecular weight is 409 g/mol. The maximum Gasteiger partial charge on any atom is 0.251 e. The number of fused-ring (bicyclic) bond motifs is 1. The number of rotatable bonds is 7. The van der Waals surface area contributed by atoms with Gasteiger partial charge in [0.1, 0.15) is 0 Å². The maximum atomic E-state index is 12.4. The summed E-state index contributed by atoms with van der Waals surface area (Å²) >= 11 is 7.88. The van der Waals surface area contributed by atoms with Crippen molar-refractivity contribution in [1.82, 2.24) is 10.3 Å². The number of carbonyl (C=O) groups is 1. The Balaban J connectivity index is 1.30. The Morgan fingerprint density at radius 2 is 1.89 bits per heavy atom. The third kappa shape index (κ3) is 4.46. The normalized spacial score (nSPS) is 11.0. The Kier molecular flexibility index (Phi) is 5.79. The Hall–Kier alpha value is -2.56. The number of carbonyl (C=O) groups excluding carboxylic acids is 1. The van der Waals surface area contributed by atoms with Gasteiger partial charge in [0.15, 0.2) is 0 Å². The van der Waals surface area contributed by atoms with Crippen molar-refractivity contribution >= 4 is 39.7 Å². The summed E-state index contributed by atoms with van der Waals surface area (Å²) in [6.07, 6.45) is 4.77. The molecule has 0 aliphatic rings. The van der Waals surface area contributed by atoms with Crippen molar-refractivity contribution < 1.29 is 4.79 Å². The van der Waals surface area contributed by atoms with Gasteiger partial charge in [0.2, 0.25) is 0 Å². The Bertz CT molecular complexity index is 1070. The summed E-state index contributed by atoms with van der Waals surface area (Å²) in [5, 5.41) is 6.94. The van der Waals surface area contributed by atoms with Crippen LogP contribution in [0.15, 0.2) is 66.2 Å². The van der Waals surface area contributed by atoms with Crippen molar-refractivity contribution in [3.05, 3.63) is 92.8 Å². The molecule has 5 heteroatoms. The van der Waals surface area contributed by atoms with E-state index in [2.05, 4.69) is 27.8 Å². The quantitative estimate of drug-likeness (QED) is 0.408. The standard InChI is InChI=1S/C23H21ClN2OS/c24-19-8-10-22-21(14-19)18(15-26-22)11-12-25-23(27)17-6-3-16(4-7-17)5-9-20-2-1-13-28-20/h1-4,6-8,10,13-15,26H,5,9,11-12H2,(H,25,27). The SMILES string of the molecule is O=C(NCCc1c[nH]c2ccc(Cl)cc12)c1ccc(CCc2cccs2)cc1. The van der Waals surface area contributed by atoms with Crippen molar-refractivity contribution in [3.63, 3.8) is 0 Å². The third-order valence-electron chi connectivity index (χ3n) is 4.87. The average Bonchev–Trinajstić information content (AvgIpc) is 3.37. The highest BCUT2D eigenvalue weighted by atomic mass is 35.5. The molecule has 2 heterocycles. The number of benzene rings is 2. The molecule has 0 saturated heterocycles. The van der Waals surface area contributed by atoms with E-state index in [0.717, 1.165) is 40.8 Å². The molecule has 0 fully saturated rings. The van der Waals surface area contributed by atoms with Crippen LogP contribution in [-0.4, -0.2) is 17.4 Å². The van der Waals surface area contributed by atoms with E-state index in [-0.39, 0.29) is 5.91 Å². The largest absolute Gasteiger partial charge is 0.361 e. The topological polar surface area (TPSA) is 44.9 Å². The smallest absolute Gasteiger partial charge is 0.251 e. The van der Waals surface area contributed by atoms with Gasteiger partial charge in [0.05, 0.1) is 0 Å². The van der Waals surface area contributed by atoms with Crippen LogP contribution in [0.3, 0.4) is 0 Å². The van der Waals surface area contributed by atoms with Crippen molar-refractivity contribution in [1.29, 1.82) is 0 Å². The molecule has 4 rings (SSSR count). The molecular weight excluding hydrogens is 388 g/mol. The van der Waals surface area contributed by atoms with Gasteiger partial charge in [-0.15, -0.1) is 11.3 Å². The van der Waals surface area contributed by atoms with Crippen molar-refractivity contribution in [2.75, 3.05) is 6.54 Å². The van der Waals surface area contributed by atoms with Crippen LogP contribution in [0.4, 0.5) is 0 Å². The fraction of sp³-hybridized carbons (Fsp3) is 0.174. The summed E-state index contributed by atoms with van der Waals surface area (Å²) in [5.74, 6) is -0.0392. The molecular formula is C23H21ClN2OS. The zero-order chi connectivity index (χ0) is 19.3. The van der Waals surface area contributed by atoms with Crippen LogP contribution in [0.5, 0.6) is 0 Å². The van der Waals surface area contributed by atoms with Crippen LogP contribution in [-0.2, 0) is 19.3 Å². The van der Waals surface area contributed by atoms with Gasteiger partial charge in [-0.3, -0.25) is 4.79 Å². The van der Waals surface area contributed by atoms with Gasteiger partial charge >= 0.3 is 0 Å². The Labute approximate surface area is 173 Å². The molecule has 2 aromatic carbocycles. The molecule has 3 nitrogen and oxygen atoms in total. The van der Waals surface area contributed by atoms with Crippen LogP contribution >= 0.6 is 22.9 Å². The zero-order valence-electron chi connectivity index (χ0n) is 15.4. The lowest BCUT2D eigenvalue weighted by molar-refractivity contribution is 0.0954. The van der Waals surface area contributed by atoms with Crippen molar-refractivity contribution in [2.24, 2.45) is 0 Å². The van der Waals surface area contributed by atoms with Crippen LogP contribution < -0.4 is 5.32 Å². The number of halogens is 1. The molecule has 142 valence electrons. The summed E-state index contributed by atoms with van der Waals surface area (Å²) in [6, 6.07) is 17.9. The first-order valence-electron chi connectivity index (χ1n) is 9.34. The highest BCUT2D eigenvalue weighted by Crippen LogP contribution is 2.22. The minimum Gasteiger partial charge on any atom is -0.361 e. The van der Waals surface area contributed by atoms with Gasteiger partial charge in [-0.1, -0.05) is 29.8 Å². The summed E-state index contributed by atoms with van der Waals surface area (Å²) in [7, 11) is 0. The van der Waals surface area contributed by atoms with Crippen molar-refractivity contribution in [2.45, 2.75) is 19.3 Å². The van der Waals surface area contributed by atoms with E-state index >= 15 is 0 Å². The van der Waals surface area contributed by atoms with E-state index in [1.807, 2.05) is 48.7 Å². The highest BCUT2D eigenvalue weighted by Gasteiger charge is 2.08. The van der Waals surface area contributed by atoms with Crippen LogP contribution in [0, 0.1) is 0 Å². The fourth-order valence-electron chi connectivity index (χ4n) is 3.32. The molecule has 0 aliphatic heterocycles. The second kappa shape index (κ2) is 8.63. The van der Waals surface area contributed by atoms with Gasteiger partial charge in [-0.05, 0) is 72.2 Å². The molecule has 0 atom stereocenters. The van der Waals surface area contributed by atoms with E-state index in [1.165, 1.54) is 10.4 Å². The van der Waals surface area contributed by atoms with Gasteiger partial charge in [-0.2, -0.15) is 0 Å². The molecule has 2 aromatic heterocycles. The van der Waals surface area contributed by atoms with Gasteiger partial charge in [0.25, 0.3) is 5.91 Å². The maximum absolute atomic E-state index is 12.4. The number of aromatic amines is 1. The molecule has 28 heavy (non-hydrogen) atoms. The van der Waals surface area contributed by atoms with E-state index in [0.29, 0.717) is 12.1 Å². The zero-order valence-corrected chi connectivity index (χ0v) is 16.9. The Morgan fingerprint density at radius 1 is 1.04 bits per heavy atom. The summed E-state index contributed by atoms with van der Waals surface area (Å²) < 4.78 is 0. The molecule has 0 aliphatic carbocycles. The number of hydrogen-bond acceptors (Lipinski definition) is 2. The van der Waals surface area contributed by atoms with Crippen LogP contribution in [0.25, 0.3) is 10.9 Å². The van der Waals surface area contributed by atoms with Gasteiger partial charge < -0.3 is 10.3 Å². The summed E-state index contributed by atoms with van der Waals surface area (Å²) in [4.78, 5) is 17.0. The molecule has 0 unspecified atom stereocenters. The lowest BCUT2D eigenvalue weighted by Crippen LogP contribution is -2.25. The fourth-order valence-corrected chi connectivity index (χ4v) is 4.20. The summed E-state index contributed by atoms with van der Waals surface area (Å²) in [6.45, 7) is 0.582. The van der Waals surface area contributed by atoms with Gasteiger partial charge in [-0.25, -0.2) is 0 Å². The number of aromatic nitrogens is 1. The van der Waals surface area contributed by atoms with Crippen molar-refractivity contribution in [3.8, 4) is 0 Å². The number of H-pyrrole nitrogens is 1. The first kappa shape index (κ1) is 18.8. The molecule has 0 bridgehead atoms. The first-order valence-corrected chi connectivity index (χ1v) is 10.6. The van der Waals surface area contributed by atoms with Crippen LogP contribution in [0.1, 0.15) is 26.4 Å². The predicted molar refractivity (Wildman–Crippen MR) is 118 cm³/mol. The van der Waals surface area contributed by atoms with E-state index in [4.69, 9.17) is 11.6 Å². The van der Waals surface area contributed by atoms with Gasteiger partial charge in [0, 0.05) is 39.1 Å². The number of nitrogens with one attached hydrogen (secondary N) is 2. The minimum atomic E-state index is -0.0392. The molecule has 1 amide bonds. The number of hydrogen-bond donors (Lipinski definition) is 2. The monoisotopic (exact) mass is 408 g/mol. The summed E-state index contributed by atoms with van der Waals surface area (Å²) in [5.41, 5.74) is 4.16. The lowest BCUT2D eigenvalue weighted by atomic mass is 10.1. The first-order chi connectivity index (χ1) is 13.7. The van der Waals surface area contributed by atoms with E-state index < -0.39 is 0 Å². The molecule has 4 aromatic rings. The lowest BCUT2D eigenvalue weighted by Gasteiger charge is -2.06.